The van der Waals surface area contributed by atoms with Crippen molar-refractivity contribution in [1.82, 2.24) is 9.97 Å². The molecule has 1 atom stereocenters. The second-order valence-corrected chi connectivity index (χ2v) is 3.67. The first-order chi connectivity index (χ1) is 7.56. The van der Waals surface area contributed by atoms with Crippen LogP contribution in [0, 0.1) is 0 Å². The minimum Gasteiger partial charge on any atom is -0.320 e. The molecule has 7 heteroatoms. The summed E-state index contributed by atoms with van der Waals surface area (Å²) >= 11 is 11.5. The highest BCUT2D eigenvalue weighted by molar-refractivity contribution is 6.38. The molecule has 1 amide bonds. The van der Waals surface area contributed by atoms with Crippen LogP contribution in [0.5, 0.6) is 0 Å². The summed E-state index contributed by atoms with van der Waals surface area (Å²) < 4.78 is 0. The molecule has 0 aliphatic carbocycles. The van der Waals surface area contributed by atoms with E-state index in [2.05, 4.69) is 21.9 Å². The fourth-order valence-corrected chi connectivity index (χ4v) is 1.36. The largest absolute Gasteiger partial charge is 0.320 e. The van der Waals surface area contributed by atoms with Gasteiger partial charge in [0, 0.05) is 0 Å². The molecule has 0 aliphatic heterocycles. The highest BCUT2D eigenvalue weighted by atomic mass is 35.5. The molecule has 0 radical (unpaired) electrons. The Hall–Kier alpha value is -1.17. The second-order valence-electron chi connectivity index (χ2n) is 2.95. The summed E-state index contributed by atoms with van der Waals surface area (Å²) in [5.74, 6) is -0.418. The van der Waals surface area contributed by atoms with Crippen LogP contribution in [0.3, 0.4) is 0 Å². The van der Waals surface area contributed by atoms with Crippen LogP contribution >= 0.6 is 23.2 Å². The van der Waals surface area contributed by atoms with Gasteiger partial charge in [-0.05, 0) is 6.42 Å². The maximum Gasteiger partial charge on any atom is 0.241 e. The summed E-state index contributed by atoms with van der Waals surface area (Å²) in [6, 6.07) is -0.704. The van der Waals surface area contributed by atoms with Crippen LogP contribution in [0.4, 0.5) is 5.69 Å². The zero-order chi connectivity index (χ0) is 12.1. The molecule has 1 unspecified atom stereocenters. The summed E-state index contributed by atoms with van der Waals surface area (Å²) in [5.41, 5.74) is 5.73. The molecule has 1 aromatic heterocycles. The van der Waals surface area contributed by atoms with Crippen LogP contribution in [0.25, 0.3) is 0 Å². The van der Waals surface area contributed by atoms with Crippen molar-refractivity contribution in [2.24, 2.45) is 5.73 Å². The molecule has 5 nitrogen and oxygen atoms in total. The predicted molar refractivity (Wildman–Crippen MR) is 63.5 cm³/mol. The monoisotopic (exact) mass is 260 g/mol. The third-order valence-corrected chi connectivity index (χ3v) is 2.33. The van der Waals surface area contributed by atoms with E-state index in [-0.39, 0.29) is 16.0 Å². The molecule has 0 aliphatic rings. The Morgan fingerprint density at radius 2 is 2.12 bits per heavy atom. The van der Waals surface area contributed by atoms with Gasteiger partial charge in [0.05, 0.1) is 6.04 Å². The number of nitrogens with one attached hydrogen (secondary N) is 1. The number of hydrogen-bond donors (Lipinski definition) is 2. The van der Waals surface area contributed by atoms with Gasteiger partial charge in [0.15, 0.2) is 10.3 Å². The van der Waals surface area contributed by atoms with Crippen LogP contribution in [0.15, 0.2) is 19.0 Å². The van der Waals surface area contributed by atoms with Crippen LogP contribution in [-0.4, -0.2) is 21.9 Å². The Morgan fingerprint density at radius 3 is 2.62 bits per heavy atom. The van der Waals surface area contributed by atoms with Crippen LogP contribution in [0.2, 0.25) is 10.3 Å². The van der Waals surface area contributed by atoms with Crippen molar-refractivity contribution < 1.29 is 4.79 Å². The van der Waals surface area contributed by atoms with Gasteiger partial charge >= 0.3 is 0 Å². The molecule has 0 spiro atoms. The van der Waals surface area contributed by atoms with Crippen molar-refractivity contribution in [3.05, 3.63) is 29.3 Å². The molecule has 1 heterocycles. The number of rotatable bonds is 4. The summed E-state index contributed by atoms with van der Waals surface area (Å²) in [7, 11) is 0. The number of anilines is 1. The van der Waals surface area contributed by atoms with Gasteiger partial charge in [-0.25, -0.2) is 9.97 Å². The average Bonchev–Trinajstić information content (AvgIpc) is 2.23. The van der Waals surface area contributed by atoms with E-state index in [1.165, 1.54) is 6.33 Å². The minimum absolute atomic E-state index is 0.0687. The third-order valence-electron chi connectivity index (χ3n) is 1.76. The number of amides is 1. The minimum atomic E-state index is -0.704. The maximum absolute atomic E-state index is 11.6. The summed E-state index contributed by atoms with van der Waals surface area (Å²) in [6.45, 7) is 3.49. The molecule has 0 saturated heterocycles. The number of carbonyl (C=O) groups is 1. The summed E-state index contributed by atoms with van der Waals surface area (Å²) in [5, 5.41) is 2.60. The predicted octanol–water partition coefficient (Wildman–Crippen LogP) is 1.63. The normalized spacial score (nSPS) is 11.9. The van der Waals surface area contributed by atoms with E-state index < -0.39 is 11.9 Å². The number of carbonyl (C=O) groups excluding carboxylic acids is 1. The van der Waals surface area contributed by atoms with Crippen molar-refractivity contribution in [3.8, 4) is 0 Å². The second kappa shape index (κ2) is 5.79. The van der Waals surface area contributed by atoms with E-state index in [1.807, 2.05) is 0 Å². The van der Waals surface area contributed by atoms with Crippen LogP contribution in [0.1, 0.15) is 6.42 Å². The fourth-order valence-electron chi connectivity index (χ4n) is 0.950. The molecule has 0 saturated carbocycles. The zero-order valence-corrected chi connectivity index (χ0v) is 9.79. The number of nitrogens with two attached hydrogens (primary N) is 1. The summed E-state index contributed by atoms with van der Waals surface area (Å²) in [4.78, 5) is 18.9. The molecule has 3 N–H and O–H groups in total. The number of hydrogen-bond acceptors (Lipinski definition) is 4. The molecule has 0 fully saturated rings. The van der Waals surface area contributed by atoms with Crippen molar-refractivity contribution in [2.75, 3.05) is 5.32 Å². The lowest BCUT2D eigenvalue weighted by Gasteiger charge is -2.11. The first kappa shape index (κ1) is 12.9. The smallest absolute Gasteiger partial charge is 0.241 e. The molecule has 0 aromatic carbocycles. The van der Waals surface area contributed by atoms with E-state index in [1.54, 1.807) is 6.08 Å². The zero-order valence-electron chi connectivity index (χ0n) is 8.28. The van der Waals surface area contributed by atoms with Gasteiger partial charge in [-0.2, -0.15) is 0 Å². The van der Waals surface area contributed by atoms with E-state index in [4.69, 9.17) is 28.9 Å². The lowest BCUT2D eigenvalue weighted by atomic mass is 10.2. The molecule has 16 heavy (non-hydrogen) atoms. The highest BCUT2D eigenvalue weighted by Gasteiger charge is 2.16. The van der Waals surface area contributed by atoms with Crippen LogP contribution in [-0.2, 0) is 4.79 Å². The first-order valence-corrected chi connectivity index (χ1v) is 5.15. The molecular formula is C9H10Cl2N4O. The molecule has 1 rings (SSSR count). The Morgan fingerprint density at radius 1 is 1.56 bits per heavy atom. The lowest BCUT2D eigenvalue weighted by Crippen LogP contribution is -2.35. The van der Waals surface area contributed by atoms with Gasteiger partial charge in [0.1, 0.15) is 12.0 Å². The highest BCUT2D eigenvalue weighted by Crippen LogP contribution is 2.25. The van der Waals surface area contributed by atoms with Gasteiger partial charge in [0.2, 0.25) is 5.91 Å². The van der Waals surface area contributed by atoms with Gasteiger partial charge in [-0.3, -0.25) is 4.79 Å². The fraction of sp³-hybridized carbons (Fsp3) is 0.222. The standard InChI is InChI=1S/C9H10Cl2N4O/c1-2-3-5(12)9(16)15-6-7(10)13-4-14-8(6)11/h2,4-5H,1,3,12H2,(H,15,16). The summed E-state index contributed by atoms with van der Waals surface area (Å²) in [6.07, 6.45) is 3.10. The van der Waals surface area contributed by atoms with Crippen molar-refractivity contribution in [2.45, 2.75) is 12.5 Å². The Balaban J connectivity index is 2.80. The van der Waals surface area contributed by atoms with Crippen molar-refractivity contribution >= 4 is 34.8 Å². The van der Waals surface area contributed by atoms with E-state index in [0.717, 1.165) is 0 Å². The first-order valence-electron chi connectivity index (χ1n) is 4.39. The van der Waals surface area contributed by atoms with Gasteiger partial charge < -0.3 is 11.1 Å². The third kappa shape index (κ3) is 3.16. The number of aromatic nitrogens is 2. The quantitative estimate of drug-likeness (QED) is 0.637. The van der Waals surface area contributed by atoms with E-state index in [0.29, 0.717) is 6.42 Å². The number of halogens is 2. The Kier molecular flexibility index (Phi) is 4.67. The lowest BCUT2D eigenvalue weighted by molar-refractivity contribution is -0.117. The molecule has 0 bridgehead atoms. The molecule has 86 valence electrons. The Bertz CT molecular complexity index is 390. The van der Waals surface area contributed by atoms with Crippen LogP contribution < -0.4 is 11.1 Å². The van der Waals surface area contributed by atoms with E-state index >= 15 is 0 Å². The van der Waals surface area contributed by atoms with Gasteiger partial charge in [0.25, 0.3) is 0 Å². The molecular weight excluding hydrogens is 251 g/mol. The van der Waals surface area contributed by atoms with E-state index in [9.17, 15) is 4.79 Å². The number of nitrogens with zero attached hydrogens (tertiary/aromatic N) is 2. The molecule has 1 aromatic rings. The average molecular weight is 261 g/mol. The topological polar surface area (TPSA) is 80.9 Å². The Labute approximate surface area is 103 Å². The van der Waals surface area contributed by atoms with Gasteiger partial charge in [-0.15, -0.1) is 6.58 Å². The van der Waals surface area contributed by atoms with Crippen molar-refractivity contribution in [1.29, 1.82) is 0 Å². The van der Waals surface area contributed by atoms with Gasteiger partial charge in [-0.1, -0.05) is 29.3 Å². The maximum atomic E-state index is 11.6. The van der Waals surface area contributed by atoms with Crippen molar-refractivity contribution in [3.63, 3.8) is 0 Å². The SMILES string of the molecule is C=CCC(N)C(=O)Nc1c(Cl)ncnc1Cl.